The summed E-state index contributed by atoms with van der Waals surface area (Å²) in [6.07, 6.45) is -1.47. The highest BCUT2D eigenvalue weighted by Crippen LogP contribution is 2.43. The van der Waals surface area contributed by atoms with Gasteiger partial charge in [0.1, 0.15) is 17.6 Å². The van der Waals surface area contributed by atoms with Crippen molar-refractivity contribution >= 4 is 29.4 Å². The summed E-state index contributed by atoms with van der Waals surface area (Å²) in [5, 5.41) is 12.4. The van der Waals surface area contributed by atoms with E-state index in [2.05, 4.69) is 5.32 Å². The number of anilines is 1. The van der Waals surface area contributed by atoms with Gasteiger partial charge in [0.05, 0.1) is 57.4 Å². The Morgan fingerprint density at radius 3 is 2.33 bits per heavy atom. The number of methoxy groups -OCH3 is 1. The molecule has 3 atom stereocenters. The number of aliphatic hydroxyl groups is 1. The van der Waals surface area contributed by atoms with E-state index in [1.165, 1.54) is 4.90 Å². The Kier molecular flexibility index (Phi) is 12.3. The van der Waals surface area contributed by atoms with E-state index in [0.717, 1.165) is 0 Å². The number of hydrogen-bond donors (Lipinski definition) is 2. The van der Waals surface area contributed by atoms with Crippen molar-refractivity contribution in [2.75, 3.05) is 38.6 Å². The third-order valence-corrected chi connectivity index (χ3v) is 9.02. The summed E-state index contributed by atoms with van der Waals surface area (Å²) in [5.41, 5.74) is 2.41. The fraction of sp³-hybridized carbons (Fsp3) is 0.317. The Balaban J connectivity index is 1.44. The van der Waals surface area contributed by atoms with Crippen molar-refractivity contribution in [3.8, 4) is 23.0 Å². The topological polar surface area (TPSA) is 159 Å². The van der Waals surface area contributed by atoms with Gasteiger partial charge in [0.15, 0.2) is 11.5 Å². The van der Waals surface area contributed by atoms with E-state index in [9.17, 15) is 24.3 Å². The number of rotatable bonds is 15. The van der Waals surface area contributed by atoms with Gasteiger partial charge in [0, 0.05) is 24.2 Å². The highest BCUT2D eigenvalue weighted by molar-refractivity contribution is 6.08. The van der Waals surface area contributed by atoms with Crippen LogP contribution in [0.15, 0.2) is 91.0 Å². The molecule has 0 spiro atoms. The maximum Gasteiger partial charge on any atom is 0.310 e. The normalized spacial score (nSPS) is 16.9. The van der Waals surface area contributed by atoms with Crippen LogP contribution in [0.25, 0.3) is 0 Å². The molecule has 0 unspecified atom stereocenters. The Labute approximate surface area is 312 Å². The Morgan fingerprint density at radius 1 is 0.852 bits per heavy atom. The van der Waals surface area contributed by atoms with Crippen LogP contribution in [0.1, 0.15) is 52.9 Å². The lowest BCUT2D eigenvalue weighted by Crippen LogP contribution is -2.58. The van der Waals surface area contributed by atoms with Gasteiger partial charge < -0.3 is 43.7 Å². The minimum Gasteiger partial charge on any atom is -0.497 e. The molecule has 2 amide bonds. The maximum atomic E-state index is 14.5. The lowest BCUT2D eigenvalue weighted by molar-refractivity contribution is -0.155. The molecule has 0 saturated carbocycles. The molecule has 2 aliphatic rings. The van der Waals surface area contributed by atoms with Gasteiger partial charge in [-0.2, -0.15) is 0 Å². The number of amides is 2. The standard InChI is InChI=1S/C41H42N2O11/c1-3-50-37(46)24-33-40(54-38(47)22-27-12-17-34-35(20-27)53-25-52-34)39(42-36(45)21-26-10-13-29(49-2)14-11-26)31-23-30(51-19-7-18-44)15-16-32(31)43(33)41(48)28-8-5-4-6-9-28/h4-6,8-17,20,23,33,39-40,44H,3,7,18-19,21-22,24-25H2,1-2H3,(H,42,45)/t33-,39-,40-/m0/s1. The van der Waals surface area contributed by atoms with Crippen LogP contribution in [-0.4, -0.2) is 74.7 Å². The molecule has 6 rings (SSSR count). The number of carbonyl (C=O) groups is 4. The Morgan fingerprint density at radius 2 is 1.59 bits per heavy atom. The Bertz CT molecular complexity index is 1950. The fourth-order valence-corrected chi connectivity index (χ4v) is 6.52. The van der Waals surface area contributed by atoms with E-state index in [0.29, 0.717) is 57.4 Å². The zero-order valence-electron chi connectivity index (χ0n) is 30.0. The summed E-state index contributed by atoms with van der Waals surface area (Å²) in [4.78, 5) is 57.1. The van der Waals surface area contributed by atoms with Gasteiger partial charge in [-0.25, -0.2) is 0 Å². The third kappa shape index (κ3) is 8.92. The number of nitrogens with one attached hydrogen (secondary N) is 1. The molecule has 0 aromatic heterocycles. The smallest absolute Gasteiger partial charge is 0.310 e. The number of aliphatic hydroxyl groups excluding tert-OH is 1. The predicted molar refractivity (Wildman–Crippen MR) is 196 cm³/mol. The van der Waals surface area contributed by atoms with E-state index in [1.807, 2.05) is 0 Å². The lowest BCUT2D eigenvalue weighted by atomic mass is 9.85. The summed E-state index contributed by atoms with van der Waals surface area (Å²) in [6.45, 7) is 1.94. The van der Waals surface area contributed by atoms with E-state index in [1.54, 1.807) is 105 Å². The minimum absolute atomic E-state index is 0.0322. The first-order valence-electron chi connectivity index (χ1n) is 17.7. The molecule has 4 aromatic carbocycles. The van der Waals surface area contributed by atoms with Crippen LogP contribution < -0.4 is 29.2 Å². The van der Waals surface area contributed by atoms with E-state index in [-0.39, 0.29) is 45.9 Å². The van der Waals surface area contributed by atoms with Crippen molar-refractivity contribution in [1.82, 2.24) is 5.32 Å². The minimum atomic E-state index is -1.27. The van der Waals surface area contributed by atoms with E-state index < -0.39 is 41.9 Å². The second kappa shape index (κ2) is 17.6. The van der Waals surface area contributed by atoms with Gasteiger partial charge >= 0.3 is 11.9 Å². The fourth-order valence-electron chi connectivity index (χ4n) is 6.52. The van der Waals surface area contributed by atoms with Crippen molar-refractivity contribution in [2.24, 2.45) is 0 Å². The zero-order valence-corrected chi connectivity index (χ0v) is 30.0. The summed E-state index contributed by atoms with van der Waals surface area (Å²) < 4.78 is 33.8. The third-order valence-electron chi connectivity index (χ3n) is 9.02. The molecule has 13 heteroatoms. The maximum absolute atomic E-state index is 14.5. The molecule has 2 heterocycles. The first kappa shape index (κ1) is 37.7. The van der Waals surface area contributed by atoms with Gasteiger partial charge in [0.2, 0.25) is 12.7 Å². The van der Waals surface area contributed by atoms with Gasteiger partial charge in [-0.1, -0.05) is 36.4 Å². The van der Waals surface area contributed by atoms with E-state index in [4.69, 9.17) is 28.4 Å². The zero-order chi connectivity index (χ0) is 38.0. The first-order chi connectivity index (χ1) is 26.3. The SMILES string of the molecule is CCOC(=O)C[C@H]1[C@H](OC(=O)Cc2ccc3c(c2)OCO3)[C@@H](NC(=O)Cc2ccc(OC)cc2)c2cc(OCCCO)ccc2N1C(=O)c1ccccc1. The molecule has 282 valence electrons. The van der Waals surface area contributed by atoms with Gasteiger partial charge in [-0.3, -0.25) is 19.2 Å². The molecule has 2 N–H and O–H groups in total. The van der Waals surface area contributed by atoms with Crippen LogP contribution >= 0.6 is 0 Å². The number of fused-ring (bicyclic) bond motifs is 2. The summed E-state index contributed by atoms with van der Waals surface area (Å²) in [5.74, 6) is -0.0843. The van der Waals surface area contributed by atoms with Gasteiger partial charge in [-0.05, 0) is 72.6 Å². The quantitative estimate of drug-likeness (QED) is 0.128. The summed E-state index contributed by atoms with van der Waals surface area (Å²) in [7, 11) is 1.55. The summed E-state index contributed by atoms with van der Waals surface area (Å²) in [6, 6.07) is 23.5. The van der Waals surface area contributed by atoms with Crippen LogP contribution in [0.5, 0.6) is 23.0 Å². The lowest BCUT2D eigenvalue weighted by Gasteiger charge is -2.45. The predicted octanol–water partition coefficient (Wildman–Crippen LogP) is 4.72. The highest BCUT2D eigenvalue weighted by Gasteiger charge is 2.48. The molecule has 0 aliphatic carbocycles. The van der Waals surface area contributed by atoms with Crippen molar-refractivity contribution in [3.63, 3.8) is 0 Å². The van der Waals surface area contributed by atoms with Crippen molar-refractivity contribution in [1.29, 1.82) is 0 Å². The average molecular weight is 739 g/mol. The van der Waals surface area contributed by atoms with Crippen LogP contribution in [0.3, 0.4) is 0 Å². The van der Waals surface area contributed by atoms with Crippen molar-refractivity contribution < 1.29 is 52.7 Å². The van der Waals surface area contributed by atoms with E-state index >= 15 is 0 Å². The number of benzene rings is 4. The number of carbonyl (C=O) groups excluding carboxylic acids is 4. The highest BCUT2D eigenvalue weighted by atomic mass is 16.7. The molecule has 0 fully saturated rings. The molecule has 2 aliphatic heterocycles. The number of esters is 2. The molecular formula is C41H42N2O11. The second-order valence-electron chi connectivity index (χ2n) is 12.7. The molecule has 0 bridgehead atoms. The van der Waals surface area contributed by atoms with Crippen molar-refractivity contribution in [2.45, 2.75) is 50.8 Å². The van der Waals surface area contributed by atoms with Gasteiger partial charge in [0.25, 0.3) is 5.91 Å². The largest absolute Gasteiger partial charge is 0.497 e. The molecule has 0 saturated heterocycles. The van der Waals surface area contributed by atoms with Crippen molar-refractivity contribution in [3.05, 3.63) is 113 Å². The monoisotopic (exact) mass is 738 g/mol. The van der Waals surface area contributed by atoms with Crippen LogP contribution in [0, 0.1) is 0 Å². The molecule has 0 radical (unpaired) electrons. The average Bonchev–Trinajstić information content (AvgIpc) is 3.65. The first-order valence-corrected chi connectivity index (χ1v) is 17.7. The summed E-state index contributed by atoms with van der Waals surface area (Å²) >= 11 is 0. The number of hydrogen-bond acceptors (Lipinski definition) is 11. The Hall–Kier alpha value is -6.08. The van der Waals surface area contributed by atoms with Crippen LogP contribution in [-0.2, 0) is 36.7 Å². The number of nitrogens with zero attached hydrogens (tertiary/aromatic N) is 1. The molecule has 13 nitrogen and oxygen atoms in total. The van der Waals surface area contributed by atoms with Crippen LogP contribution in [0.2, 0.25) is 0 Å². The molecule has 54 heavy (non-hydrogen) atoms. The number of ether oxygens (including phenoxy) is 6. The van der Waals surface area contributed by atoms with Gasteiger partial charge in [-0.15, -0.1) is 0 Å². The molecular weight excluding hydrogens is 696 g/mol. The second-order valence-corrected chi connectivity index (χ2v) is 12.7. The molecule has 4 aromatic rings. The van der Waals surface area contributed by atoms with Crippen LogP contribution in [0.4, 0.5) is 5.69 Å².